The van der Waals surface area contributed by atoms with Gasteiger partial charge in [-0.15, -0.1) is 0 Å². The second kappa shape index (κ2) is 11.4. The number of guanidine groups is 1. The second-order valence-corrected chi connectivity index (χ2v) is 7.28. The van der Waals surface area contributed by atoms with E-state index >= 15 is 0 Å². The zero-order chi connectivity index (χ0) is 22.9. The number of aliphatic imine (C=N–C) groups is 1. The Morgan fingerprint density at radius 3 is 2.48 bits per heavy atom. The van der Waals surface area contributed by atoms with E-state index in [2.05, 4.69) is 20.9 Å². The van der Waals surface area contributed by atoms with Crippen LogP contribution in [-0.4, -0.2) is 38.5 Å². The summed E-state index contributed by atoms with van der Waals surface area (Å²) in [6, 6.07) is 7.18. The summed E-state index contributed by atoms with van der Waals surface area (Å²) >= 11 is 0. The lowest BCUT2D eigenvalue weighted by Gasteiger charge is -2.16. The summed E-state index contributed by atoms with van der Waals surface area (Å²) in [4.78, 5) is 16.1. The number of rotatable bonds is 9. The van der Waals surface area contributed by atoms with Gasteiger partial charge in [-0.3, -0.25) is 9.79 Å². The average molecular weight is 438 g/mol. The molecule has 9 heteroatoms. The summed E-state index contributed by atoms with van der Waals surface area (Å²) < 4.78 is 43.8. The third-order valence-corrected chi connectivity index (χ3v) is 4.88. The average Bonchev–Trinajstić information content (AvgIpc) is 3.17. The fraction of sp³-hybridized carbons (Fsp3) is 0.455. The van der Waals surface area contributed by atoms with Crippen LogP contribution in [0.4, 0.5) is 13.2 Å². The first-order valence-electron chi connectivity index (χ1n) is 10.2. The van der Waals surface area contributed by atoms with Crippen LogP contribution in [0.15, 0.2) is 46.0 Å². The molecule has 0 aliphatic heterocycles. The number of amides is 1. The van der Waals surface area contributed by atoms with E-state index in [-0.39, 0.29) is 11.8 Å². The number of alkyl halides is 3. The molecular formula is C22H29F3N4O2. The first-order chi connectivity index (χ1) is 14.7. The standard InChI is InChI=1S/C22H29F3N4O2/c1-15(17-6-4-7-18(14-17)22(23,24)25)8-12-29-21(26-3)28-11-5-10-27-20(30)19-16(2)9-13-31-19/h4,6-7,9,13-15H,5,8,10-12H2,1-3H3,(H,27,30)(H2,26,28,29). The normalized spacial score (nSPS) is 13.0. The molecule has 2 rings (SSSR count). The van der Waals surface area contributed by atoms with Crippen LogP contribution < -0.4 is 16.0 Å². The van der Waals surface area contributed by atoms with Crippen molar-refractivity contribution in [3.8, 4) is 0 Å². The highest BCUT2D eigenvalue weighted by Crippen LogP contribution is 2.31. The van der Waals surface area contributed by atoms with Crippen LogP contribution in [0.1, 0.15) is 52.9 Å². The van der Waals surface area contributed by atoms with Crippen molar-refractivity contribution in [3.05, 3.63) is 59.0 Å². The number of furan rings is 1. The Bertz CT molecular complexity index is 878. The molecule has 2 aromatic rings. The third kappa shape index (κ3) is 7.66. The van der Waals surface area contributed by atoms with E-state index in [4.69, 9.17) is 4.42 Å². The van der Waals surface area contributed by atoms with Gasteiger partial charge in [0.2, 0.25) is 0 Å². The van der Waals surface area contributed by atoms with Crippen molar-refractivity contribution in [1.82, 2.24) is 16.0 Å². The van der Waals surface area contributed by atoms with Crippen molar-refractivity contribution in [2.45, 2.75) is 38.8 Å². The molecule has 3 N–H and O–H groups in total. The summed E-state index contributed by atoms with van der Waals surface area (Å²) in [5.41, 5.74) is 0.818. The summed E-state index contributed by atoms with van der Waals surface area (Å²) in [7, 11) is 1.65. The molecule has 6 nitrogen and oxygen atoms in total. The van der Waals surface area contributed by atoms with Crippen LogP contribution in [0, 0.1) is 6.92 Å². The summed E-state index contributed by atoms with van der Waals surface area (Å²) in [5.74, 6) is 0.645. The van der Waals surface area contributed by atoms with Gasteiger partial charge in [0.15, 0.2) is 11.7 Å². The minimum Gasteiger partial charge on any atom is -0.459 e. The smallest absolute Gasteiger partial charge is 0.416 e. The molecule has 31 heavy (non-hydrogen) atoms. The fourth-order valence-electron chi connectivity index (χ4n) is 3.00. The highest BCUT2D eigenvalue weighted by molar-refractivity contribution is 5.92. The van der Waals surface area contributed by atoms with E-state index in [0.29, 0.717) is 49.8 Å². The number of carbonyl (C=O) groups is 1. The number of aryl methyl sites for hydroxylation is 1. The van der Waals surface area contributed by atoms with E-state index in [1.165, 1.54) is 18.4 Å². The number of benzene rings is 1. The predicted octanol–water partition coefficient (Wildman–Crippen LogP) is 4.09. The number of halogens is 3. The zero-order valence-corrected chi connectivity index (χ0v) is 18.0. The number of nitrogens with zero attached hydrogens (tertiary/aromatic N) is 1. The molecule has 1 heterocycles. The molecule has 1 aromatic carbocycles. The SMILES string of the molecule is CN=C(NCCCNC(=O)c1occc1C)NCCC(C)c1cccc(C(F)(F)F)c1. The van der Waals surface area contributed by atoms with Crippen molar-refractivity contribution in [2.75, 3.05) is 26.7 Å². The second-order valence-electron chi connectivity index (χ2n) is 7.28. The van der Waals surface area contributed by atoms with Crippen LogP contribution >= 0.6 is 0 Å². The molecule has 0 spiro atoms. The van der Waals surface area contributed by atoms with E-state index < -0.39 is 11.7 Å². The van der Waals surface area contributed by atoms with Gasteiger partial charge in [0.25, 0.3) is 5.91 Å². The van der Waals surface area contributed by atoms with Gasteiger partial charge in [-0.05, 0) is 43.4 Å². The Labute approximate surface area is 180 Å². The fourth-order valence-corrected chi connectivity index (χ4v) is 3.00. The van der Waals surface area contributed by atoms with Crippen molar-refractivity contribution in [3.63, 3.8) is 0 Å². The van der Waals surface area contributed by atoms with E-state index in [1.54, 1.807) is 19.2 Å². The minimum absolute atomic E-state index is 0.0341. The summed E-state index contributed by atoms with van der Waals surface area (Å²) in [6.45, 7) is 5.35. The minimum atomic E-state index is -4.34. The number of nitrogens with one attached hydrogen (secondary N) is 3. The molecule has 0 fully saturated rings. The van der Waals surface area contributed by atoms with Crippen LogP contribution in [-0.2, 0) is 6.18 Å². The molecule has 1 amide bonds. The van der Waals surface area contributed by atoms with Gasteiger partial charge in [0.05, 0.1) is 11.8 Å². The number of hydrogen-bond acceptors (Lipinski definition) is 3. The quantitative estimate of drug-likeness (QED) is 0.313. The molecule has 170 valence electrons. The van der Waals surface area contributed by atoms with E-state index in [0.717, 1.165) is 11.6 Å². The molecule has 0 aliphatic carbocycles. The maximum absolute atomic E-state index is 12.9. The lowest BCUT2D eigenvalue weighted by molar-refractivity contribution is -0.137. The van der Waals surface area contributed by atoms with Crippen LogP contribution in [0.2, 0.25) is 0 Å². The van der Waals surface area contributed by atoms with Gasteiger partial charge >= 0.3 is 6.18 Å². The maximum atomic E-state index is 12.9. The Morgan fingerprint density at radius 1 is 1.13 bits per heavy atom. The molecule has 1 unspecified atom stereocenters. The molecule has 1 aromatic heterocycles. The Balaban J connectivity index is 1.67. The van der Waals surface area contributed by atoms with Gasteiger partial charge < -0.3 is 20.4 Å². The topological polar surface area (TPSA) is 78.7 Å². The highest BCUT2D eigenvalue weighted by atomic mass is 19.4. The van der Waals surface area contributed by atoms with E-state index in [1.807, 2.05) is 13.8 Å². The summed E-state index contributed by atoms with van der Waals surface area (Å²) in [5, 5.41) is 9.10. The Kier molecular flexibility index (Phi) is 8.96. The van der Waals surface area contributed by atoms with Crippen LogP contribution in [0.3, 0.4) is 0 Å². The Hall–Kier alpha value is -2.97. The van der Waals surface area contributed by atoms with Crippen molar-refractivity contribution in [2.24, 2.45) is 4.99 Å². The maximum Gasteiger partial charge on any atom is 0.416 e. The molecular weight excluding hydrogens is 409 g/mol. The molecule has 0 saturated heterocycles. The first-order valence-corrected chi connectivity index (χ1v) is 10.2. The zero-order valence-electron chi connectivity index (χ0n) is 18.0. The molecule has 0 saturated carbocycles. The lowest BCUT2D eigenvalue weighted by atomic mass is 9.96. The largest absolute Gasteiger partial charge is 0.459 e. The first kappa shape index (κ1) is 24.3. The third-order valence-electron chi connectivity index (χ3n) is 4.88. The molecule has 0 radical (unpaired) electrons. The molecule has 0 aliphatic rings. The predicted molar refractivity (Wildman–Crippen MR) is 114 cm³/mol. The van der Waals surface area contributed by atoms with Gasteiger partial charge in [-0.1, -0.05) is 25.1 Å². The van der Waals surface area contributed by atoms with Crippen molar-refractivity contribution < 1.29 is 22.4 Å². The van der Waals surface area contributed by atoms with Gasteiger partial charge in [0, 0.05) is 32.2 Å². The van der Waals surface area contributed by atoms with E-state index in [9.17, 15) is 18.0 Å². The lowest BCUT2D eigenvalue weighted by Crippen LogP contribution is -2.39. The van der Waals surface area contributed by atoms with Crippen LogP contribution in [0.25, 0.3) is 0 Å². The number of hydrogen-bond donors (Lipinski definition) is 3. The monoisotopic (exact) mass is 438 g/mol. The Morgan fingerprint density at radius 2 is 1.84 bits per heavy atom. The highest BCUT2D eigenvalue weighted by Gasteiger charge is 2.30. The van der Waals surface area contributed by atoms with Crippen molar-refractivity contribution >= 4 is 11.9 Å². The van der Waals surface area contributed by atoms with Gasteiger partial charge in [-0.25, -0.2) is 0 Å². The van der Waals surface area contributed by atoms with Gasteiger partial charge in [-0.2, -0.15) is 13.2 Å². The molecule has 1 atom stereocenters. The van der Waals surface area contributed by atoms with Crippen molar-refractivity contribution in [1.29, 1.82) is 0 Å². The van der Waals surface area contributed by atoms with Gasteiger partial charge in [0.1, 0.15) is 0 Å². The summed E-state index contributed by atoms with van der Waals surface area (Å²) in [6.07, 6.45) is -1.51. The number of carbonyl (C=O) groups excluding carboxylic acids is 1. The molecule has 0 bridgehead atoms. The van der Waals surface area contributed by atoms with Crippen LogP contribution in [0.5, 0.6) is 0 Å².